The summed E-state index contributed by atoms with van der Waals surface area (Å²) in [6.07, 6.45) is 0. The quantitative estimate of drug-likeness (QED) is 0.414. The summed E-state index contributed by atoms with van der Waals surface area (Å²) in [6.45, 7) is 1.41. The number of carbonyl (C=O) groups excluding carboxylic acids is 2. The molecular weight excluding hydrogens is 440 g/mol. The fourth-order valence-corrected chi connectivity index (χ4v) is 4.09. The maximum Gasteiger partial charge on any atom is 0.243 e. The molecule has 1 aromatic heterocycles. The molecule has 28 heavy (non-hydrogen) atoms. The monoisotopic (exact) mass is 458 g/mol. The van der Waals surface area contributed by atoms with E-state index in [1.54, 1.807) is 14.1 Å². The van der Waals surface area contributed by atoms with Crippen LogP contribution in [-0.2, 0) is 9.59 Å². The van der Waals surface area contributed by atoms with Crippen molar-refractivity contribution in [2.75, 3.05) is 14.1 Å². The van der Waals surface area contributed by atoms with E-state index in [-0.39, 0.29) is 11.7 Å². The molecule has 0 spiro atoms. The molecule has 8 heteroatoms. The molecule has 1 atom stereocenters. The van der Waals surface area contributed by atoms with Crippen LogP contribution >= 0.6 is 27.7 Å². The Hall–Kier alpha value is -2.45. The van der Waals surface area contributed by atoms with Gasteiger partial charge in [-0.25, -0.2) is 0 Å². The van der Waals surface area contributed by atoms with Crippen molar-refractivity contribution in [3.63, 3.8) is 0 Å². The molecule has 0 aliphatic carbocycles. The number of thioether (sulfide) groups is 1. The number of amides is 1. The number of hydrogen-bond acceptors (Lipinski definition) is 5. The van der Waals surface area contributed by atoms with Crippen molar-refractivity contribution in [3.8, 4) is 17.1 Å². The van der Waals surface area contributed by atoms with Crippen LogP contribution in [0.3, 0.4) is 0 Å². The van der Waals surface area contributed by atoms with Crippen LogP contribution in [0.1, 0.15) is 6.92 Å². The van der Waals surface area contributed by atoms with Crippen molar-refractivity contribution in [3.05, 3.63) is 59.1 Å². The molecule has 0 aliphatic heterocycles. The highest BCUT2D eigenvalue weighted by molar-refractivity contribution is 9.10. The molecule has 1 heterocycles. The van der Waals surface area contributed by atoms with Gasteiger partial charge in [-0.3, -0.25) is 14.2 Å². The smallest absolute Gasteiger partial charge is 0.243 e. The predicted octanol–water partition coefficient (Wildman–Crippen LogP) is 3.83. The number of rotatable bonds is 6. The van der Waals surface area contributed by atoms with Crippen molar-refractivity contribution < 1.29 is 9.59 Å². The largest absolute Gasteiger partial charge is 0.347 e. The standard InChI is InChI=1S/C20H19BrN4O2S/c1-13(26)17(19(27)24(2)3)28-20-23-22-18(14-8-7-9-15(21)12-14)25(20)16-10-5-4-6-11-16/h4-12,17H,1-3H3/t17-/m0/s1. The molecule has 3 rings (SSSR count). The average Bonchev–Trinajstić information content (AvgIpc) is 3.09. The van der Waals surface area contributed by atoms with E-state index in [0.29, 0.717) is 11.0 Å². The van der Waals surface area contributed by atoms with Crippen LogP contribution in [0.25, 0.3) is 17.1 Å². The zero-order valence-corrected chi connectivity index (χ0v) is 18.1. The lowest BCUT2D eigenvalue weighted by Crippen LogP contribution is -2.36. The number of para-hydroxylation sites is 1. The second kappa shape index (κ2) is 8.70. The van der Waals surface area contributed by atoms with Crippen molar-refractivity contribution >= 4 is 39.4 Å². The average molecular weight is 459 g/mol. The molecule has 0 saturated heterocycles. The van der Waals surface area contributed by atoms with Gasteiger partial charge in [0.15, 0.2) is 16.8 Å². The Labute approximate surface area is 176 Å². The van der Waals surface area contributed by atoms with Gasteiger partial charge in [0.25, 0.3) is 0 Å². The molecular formula is C20H19BrN4O2S. The normalized spacial score (nSPS) is 11.9. The van der Waals surface area contributed by atoms with E-state index >= 15 is 0 Å². The van der Waals surface area contributed by atoms with E-state index in [9.17, 15) is 9.59 Å². The summed E-state index contributed by atoms with van der Waals surface area (Å²) < 4.78 is 2.79. The number of carbonyl (C=O) groups is 2. The summed E-state index contributed by atoms with van der Waals surface area (Å²) in [5.41, 5.74) is 1.72. The summed E-state index contributed by atoms with van der Waals surface area (Å²) in [5, 5.41) is 8.26. The zero-order valence-electron chi connectivity index (χ0n) is 15.7. The van der Waals surface area contributed by atoms with Gasteiger partial charge in [0, 0.05) is 29.8 Å². The van der Waals surface area contributed by atoms with Crippen LogP contribution in [-0.4, -0.2) is 50.7 Å². The maximum atomic E-state index is 12.5. The number of halogens is 1. The van der Waals surface area contributed by atoms with Crippen molar-refractivity contribution in [2.45, 2.75) is 17.3 Å². The van der Waals surface area contributed by atoms with E-state index in [4.69, 9.17) is 0 Å². The first-order valence-corrected chi connectivity index (χ1v) is 10.2. The third-order valence-corrected chi connectivity index (χ3v) is 5.73. The van der Waals surface area contributed by atoms with Crippen LogP contribution in [0.15, 0.2) is 64.2 Å². The highest BCUT2D eigenvalue weighted by Crippen LogP contribution is 2.31. The first-order valence-electron chi connectivity index (χ1n) is 8.53. The summed E-state index contributed by atoms with van der Waals surface area (Å²) in [7, 11) is 3.27. The Bertz CT molecular complexity index is 1000. The summed E-state index contributed by atoms with van der Waals surface area (Å²) in [6, 6.07) is 17.4. The van der Waals surface area contributed by atoms with Gasteiger partial charge in [-0.2, -0.15) is 0 Å². The fraction of sp³-hybridized carbons (Fsp3) is 0.200. The number of ketones is 1. The summed E-state index contributed by atoms with van der Waals surface area (Å²) in [5.74, 6) is 0.133. The van der Waals surface area contributed by atoms with Gasteiger partial charge in [0.1, 0.15) is 5.25 Å². The Morgan fingerprint density at radius 1 is 1.07 bits per heavy atom. The molecule has 2 aromatic carbocycles. The van der Waals surface area contributed by atoms with Gasteiger partial charge in [-0.15, -0.1) is 10.2 Å². The second-order valence-electron chi connectivity index (χ2n) is 6.33. The highest BCUT2D eigenvalue weighted by atomic mass is 79.9. The van der Waals surface area contributed by atoms with Gasteiger partial charge in [-0.1, -0.05) is 58.0 Å². The van der Waals surface area contributed by atoms with E-state index in [1.165, 1.54) is 11.8 Å². The van der Waals surface area contributed by atoms with Gasteiger partial charge in [0.2, 0.25) is 5.91 Å². The van der Waals surface area contributed by atoms with Crippen LogP contribution in [0.5, 0.6) is 0 Å². The first-order chi connectivity index (χ1) is 13.4. The highest BCUT2D eigenvalue weighted by Gasteiger charge is 2.29. The molecule has 0 unspecified atom stereocenters. The van der Waals surface area contributed by atoms with Crippen molar-refractivity contribution in [1.82, 2.24) is 19.7 Å². The first kappa shape index (κ1) is 20.3. The van der Waals surface area contributed by atoms with E-state index in [0.717, 1.165) is 27.5 Å². The van der Waals surface area contributed by atoms with Gasteiger partial charge < -0.3 is 4.90 Å². The van der Waals surface area contributed by atoms with Gasteiger partial charge >= 0.3 is 0 Å². The second-order valence-corrected chi connectivity index (χ2v) is 8.32. The molecule has 6 nitrogen and oxygen atoms in total. The van der Waals surface area contributed by atoms with Crippen LogP contribution < -0.4 is 0 Å². The molecule has 144 valence electrons. The van der Waals surface area contributed by atoms with Gasteiger partial charge in [0.05, 0.1) is 0 Å². The molecule has 3 aromatic rings. The van der Waals surface area contributed by atoms with E-state index in [1.807, 2.05) is 59.2 Å². The number of aromatic nitrogens is 3. The maximum absolute atomic E-state index is 12.5. The minimum atomic E-state index is -0.878. The Morgan fingerprint density at radius 2 is 1.79 bits per heavy atom. The molecule has 0 saturated carbocycles. The number of nitrogens with zero attached hydrogens (tertiary/aromatic N) is 4. The third kappa shape index (κ3) is 4.34. The molecule has 0 aliphatic rings. The minimum Gasteiger partial charge on any atom is -0.347 e. The lowest BCUT2D eigenvalue weighted by molar-refractivity contribution is -0.132. The van der Waals surface area contributed by atoms with E-state index in [2.05, 4.69) is 26.1 Å². The number of benzene rings is 2. The molecule has 0 N–H and O–H groups in total. The summed E-state index contributed by atoms with van der Waals surface area (Å²) >= 11 is 4.60. The lowest BCUT2D eigenvalue weighted by atomic mass is 10.2. The molecule has 1 amide bonds. The van der Waals surface area contributed by atoms with Crippen molar-refractivity contribution in [1.29, 1.82) is 0 Å². The SMILES string of the molecule is CC(=O)[C@H](Sc1nnc(-c2cccc(Br)c2)n1-c1ccccc1)C(=O)N(C)C. The van der Waals surface area contributed by atoms with E-state index < -0.39 is 5.25 Å². The molecule has 0 fully saturated rings. The lowest BCUT2D eigenvalue weighted by Gasteiger charge is -2.18. The Morgan fingerprint density at radius 3 is 2.39 bits per heavy atom. The summed E-state index contributed by atoms with van der Waals surface area (Å²) in [4.78, 5) is 26.0. The number of Topliss-reactive ketones (excluding diaryl/α,β-unsaturated/α-hetero) is 1. The Balaban J connectivity index is 2.12. The fourth-order valence-electron chi connectivity index (χ4n) is 2.62. The molecule has 0 bridgehead atoms. The predicted molar refractivity (Wildman–Crippen MR) is 114 cm³/mol. The Kier molecular flexibility index (Phi) is 6.31. The van der Waals surface area contributed by atoms with Crippen LogP contribution in [0, 0.1) is 0 Å². The van der Waals surface area contributed by atoms with Crippen LogP contribution in [0.4, 0.5) is 0 Å². The number of hydrogen-bond donors (Lipinski definition) is 0. The minimum absolute atomic E-state index is 0.227. The van der Waals surface area contributed by atoms with Gasteiger partial charge in [-0.05, 0) is 31.2 Å². The molecule has 0 radical (unpaired) electrons. The third-order valence-electron chi connectivity index (χ3n) is 3.99. The van der Waals surface area contributed by atoms with Crippen molar-refractivity contribution in [2.24, 2.45) is 0 Å². The van der Waals surface area contributed by atoms with Crippen LogP contribution in [0.2, 0.25) is 0 Å². The topological polar surface area (TPSA) is 68.1 Å². The zero-order chi connectivity index (χ0) is 20.3.